The number of likely N-dealkylation sites (tertiary alicyclic amines) is 1. The Labute approximate surface area is 207 Å². The first-order valence-electron chi connectivity index (χ1n) is 11.5. The summed E-state index contributed by atoms with van der Waals surface area (Å²) in [5, 5.41) is 16.5. The molecule has 5 rings (SSSR count). The zero-order chi connectivity index (χ0) is 24.4. The maximum absolute atomic E-state index is 13.2. The second kappa shape index (κ2) is 9.76. The predicted octanol–water partition coefficient (Wildman–Crippen LogP) is 5.76. The zero-order valence-corrected chi connectivity index (χ0v) is 19.7. The second-order valence-corrected chi connectivity index (χ2v) is 9.05. The van der Waals surface area contributed by atoms with Crippen molar-refractivity contribution in [3.8, 4) is 0 Å². The van der Waals surface area contributed by atoms with Gasteiger partial charge in [0.1, 0.15) is 11.3 Å². The smallest absolute Gasteiger partial charge is 0.293 e. The first-order valence-corrected chi connectivity index (χ1v) is 11.9. The summed E-state index contributed by atoms with van der Waals surface area (Å²) in [5.74, 6) is 0.146. The molecule has 0 atom stereocenters. The number of anilines is 1. The highest BCUT2D eigenvalue weighted by Crippen LogP contribution is 2.34. The topological polar surface area (TPSA) is 104 Å². The number of fused-ring (bicyclic) bond motifs is 1. The molecule has 35 heavy (non-hydrogen) atoms. The van der Waals surface area contributed by atoms with Crippen LogP contribution in [-0.2, 0) is 6.54 Å². The highest BCUT2D eigenvalue weighted by Gasteiger charge is 2.27. The van der Waals surface area contributed by atoms with Gasteiger partial charge in [0.15, 0.2) is 0 Å². The van der Waals surface area contributed by atoms with Crippen molar-refractivity contribution in [2.24, 2.45) is 0 Å². The maximum atomic E-state index is 13.2. The van der Waals surface area contributed by atoms with Crippen LogP contribution in [0.25, 0.3) is 11.0 Å². The molecule has 8 nitrogen and oxygen atoms in total. The number of nitrogens with zero attached hydrogens (tertiary/aromatic N) is 3. The number of piperidine rings is 1. The lowest BCUT2D eigenvalue weighted by Gasteiger charge is -2.32. The van der Waals surface area contributed by atoms with Gasteiger partial charge < -0.3 is 15.2 Å². The minimum atomic E-state index is -0.469. The van der Waals surface area contributed by atoms with Crippen molar-refractivity contribution in [3.63, 3.8) is 0 Å². The van der Waals surface area contributed by atoms with E-state index in [1.54, 1.807) is 29.3 Å². The number of hydrogen-bond acceptors (Lipinski definition) is 5. The molecule has 1 amide bonds. The Morgan fingerprint density at radius 1 is 1.17 bits per heavy atom. The van der Waals surface area contributed by atoms with Gasteiger partial charge in [-0.3, -0.25) is 14.9 Å². The average molecular weight is 490 g/mol. The highest BCUT2D eigenvalue weighted by atomic mass is 35.5. The quantitative estimate of drug-likeness (QED) is 0.265. The molecule has 0 aliphatic carbocycles. The number of carbonyl (C=O) groups excluding carboxylic acids is 1. The number of amides is 1. The number of rotatable bonds is 6. The molecule has 2 N–H and O–H groups in total. The first-order chi connectivity index (χ1) is 17.0. The molecule has 2 aromatic carbocycles. The standard InChI is InChI=1S/C26H24ClN5O3/c27-22-6-2-1-4-19(22)15-29-23-8-7-18(14-24(23)32(34)35)26(33)31-12-9-17(10-13-31)21-16-30-25-20(21)5-3-11-28-25/h1-8,11,14,16-17,29H,9-10,12-13,15H2,(H,28,30). The summed E-state index contributed by atoms with van der Waals surface area (Å²) in [5.41, 5.74) is 3.45. The Morgan fingerprint density at radius 2 is 1.97 bits per heavy atom. The van der Waals surface area contributed by atoms with Gasteiger partial charge in [0, 0.05) is 54.1 Å². The van der Waals surface area contributed by atoms with Crippen molar-refractivity contribution in [2.75, 3.05) is 18.4 Å². The minimum Gasteiger partial charge on any atom is -0.375 e. The molecule has 0 saturated carbocycles. The van der Waals surface area contributed by atoms with Gasteiger partial charge in [-0.2, -0.15) is 0 Å². The van der Waals surface area contributed by atoms with Crippen LogP contribution in [-0.4, -0.2) is 38.8 Å². The summed E-state index contributed by atoms with van der Waals surface area (Å²) in [6.07, 6.45) is 5.43. The van der Waals surface area contributed by atoms with Gasteiger partial charge in [-0.05, 0) is 60.2 Å². The molecule has 0 radical (unpaired) electrons. The summed E-state index contributed by atoms with van der Waals surface area (Å²) in [4.78, 5) is 33.8. The van der Waals surface area contributed by atoms with Gasteiger partial charge in [0.05, 0.1) is 4.92 Å². The van der Waals surface area contributed by atoms with Crippen LogP contribution in [0.15, 0.2) is 67.0 Å². The Bertz CT molecular complexity index is 1390. The average Bonchev–Trinajstić information content (AvgIpc) is 3.32. The highest BCUT2D eigenvalue weighted by molar-refractivity contribution is 6.31. The number of benzene rings is 2. The van der Waals surface area contributed by atoms with Crippen molar-refractivity contribution in [2.45, 2.75) is 25.3 Å². The number of halogens is 1. The summed E-state index contributed by atoms with van der Waals surface area (Å²) < 4.78 is 0. The van der Waals surface area contributed by atoms with Crippen LogP contribution in [0.1, 0.15) is 40.2 Å². The van der Waals surface area contributed by atoms with Gasteiger partial charge in [-0.1, -0.05) is 29.8 Å². The summed E-state index contributed by atoms with van der Waals surface area (Å²) in [6.45, 7) is 1.53. The van der Waals surface area contributed by atoms with Gasteiger partial charge in [-0.15, -0.1) is 0 Å². The van der Waals surface area contributed by atoms with Crippen LogP contribution in [0.3, 0.4) is 0 Å². The third-order valence-corrected chi connectivity index (χ3v) is 6.94. The van der Waals surface area contributed by atoms with Crippen LogP contribution in [0, 0.1) is 10.1 Å². The number of pyridine rings is 1. The number of H-pyrrole nitrogens is 1. The SMILES string of the molecule is O=C(c1ccc(NCc2ccccc2Cl)c([N+](=O)[O-])c1)N1CCC(c2c[nH]c3ncccc23)CC1. The molecule has 1 fully saturated rings. The van der Waals surface area contributed by atoms with Gasteiger partial charge in [0.25, 0.3) is 11.6 Å². The molecule has 0 bridgehead atoms. The van der Waals surface area contributed by atoms with E-state index in [0.29, 0.717) is 41.8 Å². The van der Waals surface area contributed by atoms with E-state index in [2.05, 4.69) is 21.4 Å². The van der Waals surface area contributed by atoms with Crippen LogP contribution in [0.4, 0.5) is 11.4 Å². The molecule has 1 saturated heterocycles. The third-order valence-electron chi connectivity index (χ3n) is 6.57. The lowest BCUT2D eigenvalue weighted by molar-refractivity contribution is -0.384. The summed E-state index contributed by atoms with van der Waals surface area (Å²) in [6, 6.07) is 15.9. The number of aromatic nitrogens is 2. The van der Waals surface area contributed by atoms with E-state index < -0.39 is 4.92 Å². The van der Waals surface area contributed by atoms with Crippen molar-refractivity contribution in [1.29, 1.82) is 0 Å². The van der Waals surface area contributed by atoms with E-state index in [1.165, 1.54) is 11.6 Å². The van der Waals surface area contributed by atoms with Crippen molar-refractivity contribution >= 4 is 39.9 Å². The van der Waals surface area contributed by atoms with E-state index in [1.807, 2.05) is 30.5 Å². The third kappa shape index (κ3) is 4.70. The lowest BCUT2D eigenvalue weighted by Crippen LogP contribution is -2.37. The van der Waals surface area contributed by atoms with E-state index in [-0.39, 0.29) is 11.6 Å². The number of nitro benzene ring substituents is 1. The van der Waals surface area contributed by atoms with Gasteiger partial charge >= 0.3 is 0 Å². The van der Waals surface area contributed by atoms with Crippen molar-refractivity contribution in [1.82, 2.24) is 14.9 Å². The van der Waals surface area contributed by atoms with E-state index in [4.69, 9.17) is 11.6 Å². The fourth-order valence-electron chi connectivity index (χ4n) is 4.69. The maximum Gasteiger partial charge on any atom is 0.293 e. The Kier molecular flexibility index (Phi) is 6.37. The van der Waals surface area contributed by atoms with Crippen molar-refractivity contribution < 1.29 is 9.72 Å². The van der Waals surface area contributed by atoms with E-state index in [0.717, 1.165) is 29.4 Å². The van der Waals surface area contributed by atoms with Gasteiger partial charge in [0.2, 0.25) is 0 Å². The van der Waals surface area contributed by atoms with Crippen molar-refractivity contribution in [3.05, 3.63) is 98.8 Å². The Morgan fingerprint density at radius 3 is 2.74 bits per heavy atom. The Hall–Kier alpha value is -3.91. The number of nitro groups is 1. The van der Waals surface area contributed by atoms with Crippen LogP contribution in [0.5, 0.6) is 0 Å². The summed E-state index contributed by atoms with van der Waals surface area (Å²) >= 11 is 6.19. The molecule has 0 spiro atoms. The largest absolute Gasteiger partial charge is 0.375 e. The normalized spacial score (nSPS) is 14.3. The number of aromatic amines is 1. The number of nitrogens with one attached hydrogen (secondary N) is 2. The summed E-state index contributed by atoms with van der Waals surface area (Å²) in [7, 11) is 0. The molecule has 9 heteroatoms. The molecule has 1 aliphatic rings. The molecule has 4 aromatic rings. The minimum absolute atomic E-state index is 0.135. The van der Waals surface area contributed by atoms with Crippen LogP contribution >= 0.6 is 11.6 Å². The predicted molar refractivity (Wildman–Crippen MR) is 136 cm³/mol. The molecule has 1 aliphatic heterocycles. The zero-order valence-electron chi connectivity index (χ0n) is 18.9. The molecule has 178 valence electrons. The molecule has 3 heterocycles. The molecular formula is C26H24ClN5O3. The van der Waals surface area contributed by atoms with Gasteiger partial charge in [-0.25, -0.2) is 4.98 Å². The fourth-order valence-corrected chi connectivity index (χ4v) is 4.89. The monoisotopic (exact) mass is 489 g/mol. The first kappa shape index (κ1) is 22.9. The number of carbonyl (C=O) groups is 1. The van der Waals surface area contributed by atoms with E-state index in [9.17, 15) is 14.9 Å². The van der Waals surface area contributed by atoms with E-state index >= 15 is 0 Å². The fraction of sp³-hybridized carbons (Fsp3) is 0.231. The lowest BCUT2D eigenvalue weighted by atomic mass is 9.89. The number of hydrogen-bond donors (Lipinski definition) is 2. The second-order valence-electron chi connectivity index (χ2n) is 8.64. The Balaban J connectivity index is 1.27. The molecule has 0 unspecified atom stereocenters. The molecular weight excluding hydrogens is 466 g/mol. The van der Waals surface area contributed by atoms with Crippen LogP contribution in [0.2, 0.25) is 5.02 Å². The molecule has 2 aromatic heterocycles. The van der Waals surface area contributed by atoms with Crippen LogP contribution < -0.4 is 5.32 Å².